The van der Waals surface area contributed by atoms with Gasteiger partial charge >= 0.3 is 0 Å². The lowest BCUT2D eigenvalue weighted by Gasteiger charge is -2.36. The van der Waals surface area contributed by atoms with Gasteiger partial charge in [0.25, 0.3) is 0 Å². The van der Waals surface area contributed by atoms with Crippen molar-refractivity contribution in [1.82, 2.24) is 15.1 Å². The van der Waals surface area contributed by atoms with E-state index in [1.807, 2.05) is 24.0 Å². The average Bonchev–Trinajstić information content (AvgIpc) is 2.74. The molecule has 90 valence electrons. The van der Waals surface area contributed by atoms with Crippen molar-refractivity contribution in [2.24, 2.45) is 7.05 Å². The second kappa shape index (κ2) is 4.97. The maximum absolute atomic E-state index is 9.54. The topological polar surface area (TPSA) is 50.1 Å². The first-order valence-corrected chi connectivity index (χ1v) is 6.09. The van der Waals surface area contributed by atoms with Gasteiger partial charge in [-0.1, -0.05) is 19.3 Å². The van der Waals surface area contributed by atoms with Gasteiger partial charge in [0.15, 0.2) is 0 Å². The van der Waals surface area contributed by atoms with Gasteiger partial charge < -0.3 is 10.4 Å². The van der Waals surface area contributed by atoms with Crippen molar-refractivity contribution >= 4 is 0 Å². The molecule has 2 N–H and O–H groups in total. The number of aliphatic hydroxyl groups is 1. The third-order valence-corrected chi connectivity index (χ3v) is 3.53. The number of hydrogen-bond acceptors (Lipinski definition) is 3. The molecule has 1 heterocycles. The zero-order valence-corrected chi connectivity index (χ0v) is 9.95. The van der Waals surface area contributed by atoms with E-state index < -0.39 is 0 Å². The van der Waals surface area contributed by atoms with Crippen molar-refractivity contribution in [2.45, 2.75) is 44.2 Å². The highest BCUT2D eigenvalue weighted by Crippen LogP contribution is 2.27. The summed E-state index contributed by atoms with van der Waals surface area (Å²) in [4.78, 5) is 0. The Morgan fingerprint density at radius 3 is 2.75 bits per heavy atom. The van der Waals surface area contributed by atoms with E-state index in [9.17, 15) is 5.11 Å². The van der Waals surface area contributed by atoms with Crippen molar-refractivity contribution < 1.29 is 5.11 Å². The fourth-order valence-electron chi connectivity index (χ4n) is 2.45. The molecular weight excluding hydrogens is 202 g/mol. The summed E-state index contributed by atoms with van der Waals surface area (Å²) in [6, 6.07) is 2.01. The molecule has 2 rings (SSSR count). The van der Waals surface area contributed by atoms with Crippen LogP contribution in [0.3, 0.4) is 0 Å². The number of aromatic nitrogens is 2. The molecule has 0 amide bonds. The molecule has 0 unspecified atom stereocenters. The fourth-order valence-corrected chi connectivity index (χ4v) is 2.45. The molecule has 1 aromatic heterocycles. The second-order valence-corrected chi connectivity index (χ2v) is 4.83. The summed E-state index contributed by atoms with van der Waals surface area (Å²) in [5.41, 5.74) is 0.983. The monoisotopic (exact) mass is 223 g/mol. The van der Waals surface area contributed by atoms with Gasteiger partial charge in [0.1, 0.15) is 0 Å². The molecule has 1 aliphatic rings. The normalized spacial score (nSPS) is 19.9. The van der Waals surface area contributed by atoms with E-state index in [0.717, 1.165) is 25.1 Å². The van der Waals surface area contributed by atoms with Crippen LogP contribution in [-0.2, 0) is 13.6 Å². The van der Waals surface area contributed by atoms with Gasteiger partial charge in [-0.15, -0.1) is 0 Å². The SMILES string of the molecule is Cn1ccc(CNC2(CO)CCCCC2)n1. The highest BCUT2D eigenvalue weighted by molar-refractivity contribution is 5.00. The molecule has 0 aliphatic heterocycles. The Morgan fingerprint density at radius 1 is 1.44 bits per heavy atom. The lowest BCUT2D eigenvalue weighted by molar-refractivity contribution is 0.119. The molecule has 4 nitrogen and oxygen atoms in total. The van der Waals surface area contributed by atoms with Gasteiger partial charge in [-0.3, -0.25) is 4.68 Å². The van der Waals surface area contributed by atoms with Gasteiger partial charge in [0.2, 0.25) is 0 Å². The van der Waals surface area contributed by atoms with E-state index in [2.05, 4.69) is 10.4 Å². The Balaban J connectivity index is 1.91. The van der Waals surface area contributed by atoms with E-state index in [0.29, 0.717) is 0 Å². The van der Waals surface area contributed by atoms with Crippen molar-refractivity contribution in [3.63, 3.8) is 0 Å². The van der Waals surface area contributed by atoms with Crippen LogP contribution < -0.4 is 5.32 Å². The third-order valence-electron chi connectivity index (χ3n) is 3.53. The summed E-state index contributed by atoms with van der Waals surface area (Å²) >= 11 is 0. The Bertz CT molecular complexity index is 329. The average molecular weight is 223 g/mol. The van der Waals surface area contributed by atoms with Crippen LogP contribution in [0.5, 0.6) is 0 Å². The maximum Gasteiger partial charge on any atom is 0.0762 e. The first kappa shape index (κ1) is 11.6. The predicted octanol–water partition coefficient (Wildman–Crippen LogP) is 1.20. The molecule has 0 spiro atoms. The lowest BCUT2D eigenvalue weighted by Crippen LogP contribution is -2.49. The van der Waals surface area contributed by atoms with Crippen molar-refractivity contribution in [3.8, 4) is 0 Å². The Kier molecular flexibility index (Phi) is 3.61. The summed E-state index contributed by atoms with van der Waals surface area (Å²) in [6.07, 6.45) is 7.84. The molecule has 0 bridgehead atoms. The number of hydrogen-bond donors (Lipinski definition) is 2. The standard InChI is InChI=1S/C12H21N3O/c1-15-8-5-11(14-15)9-13-12(10-16)6-3-2-4-7-12/h5,8,13,16H,2-4,6-7,9-10H2,1H3. The van der Waals surface area contributed by atoms with Crippen molar-refractivity contribution in [2.75, 3.05) is 6.61 Å². The molecule has 0 saturated heterocycles. The summed E-state index contributed by atoms with van der Waals surface area (Å²) in [6.45, 7) is 0.987. The molecule has 1 saturated carbocycles. The van der Waals surface area contributed by atoms with Gasteiger partial charge in [0.05, 0.1) is 12.3 Å². The minimum Gasteiger partial charge on any atom is -0.394 e. The summed E-state index contributed by atoms with van der Waals surface area (Å²) in [7, 11) is 1.92. The number of nitrogens with zero attached hydrogens (tertiary/aromatic N) is 2. The van der Waals surface area contributed by atoms with E-state index in [-0.39, 0.29) is 12.1 Å². The van der Waals surface area contributed by atoms with Crippen LogP contribution in [0, 0.1) is 0 Å². The van der Waals surface area contributed by atoms with E-state index in [1.165, 1.54) is 19.3 Å². The van der Waals surface area contributed by atoms with Crippen LogP contribution in [0.2, 0.25) is 0 Å². The molecule has 0 aromatic carbocycles. The zero-order chi connectivity index (χ0) is 11.4. The zero-order valence-electron chi connectivity index (χ0n) is 9.95. The first-order valence-electron chi connectivity index (χ1n) is 6.09. The number of nitrogens with one attached hydrogen (secondary N) is 1. The highest BCUT2D eigenvalue weighted by atomic mass is 16.3. The van der Waals surface area contributed by atoms with E-state index in [1.54, 1.807) is 0 Å². The van der Waals surface area contributed by atoms with Gasteiger partial charge in [-0.25, -0.2) is 0 Å². The van der Waals surface area contributed by atoms with Crippen LogP contribution in [0.1, 0.15) is 37.8 Å². The fraction of sp³-hybridized carbons (Fsp3) is 0.750. The minimum absolute atomic E-state index is 0.0598. The Morgan fingerprint density at radius 2 is 2.19 bits per heavy atom. The van der Waals surface area contributed by atoms with Crippen molar-refractivity contribution in [3.05, 3.63) is 18.0 Å². The smallest absolute Gasteiger partial charge is 0.0762 e. The van der Waals surface area contributed by atoms with E-state index >= 15 is 0 Å². The molecule has 4 heteroatoms. The first-order chi connectivity index (χ1) is 7.74. The van der Waals surface area contributed by atoms with Crippen LogP contribution in [-0.4, -0.2) is 27.0 Å². The highest BCUT2D eigenvalue weighted by Gasteiger charge is 2.30. The summed E-state index contributed by atoms with van der Waals surface area (Å²) in [5.74, 6) is 0. The number of aryl methyl sites for hydroxylation is 1. The molecule has 1 aliphatic carbocycles. The van der Waals surface area contributed by atoms with Gasteiger partial charge in [-0.2, -0.15) is 5.10 Å². The van der Waals surface area contributed by atoms with Crippen LogP contribution in [0.25, 0.3) is 0 Å². The van der Waals surface area contributed by atoms with Gasteiger partial charge in [0, 0.05) is 25.3 Å². The number of aliphatic hydroxyl groups excluding tert-OH is 1. The quantitative estimate of drug-likeness (QED) is 0.806. The molecule has 0 radical (unpaired) electrons. The van der Waals surface area contributed by atoms with Gasteiger partial charge in [-0.05, 0) is 18.9 Å². The van der Waals surface area contributed by atoms with Crippen LogP contribution >= 0.6 is 0 Å². The molecule has 16 heavy (non-hydrogen) atoms. The molecule has 1 aromatic rings. The largest absolute Gasteiger partial charge is 0.394 e. The summed E-state index contributed by atoms with van der Waals surface area (Å²) in [5, 5.41) is 17.4. The number of rotatable bonds is 4. The predicted molar refractivity (Wildman–Crippen MR) is 62.9 cm³/mol. The van der Waals surface area contributed by atoms with Crippen LogP contribution in [0.4, 0.5) is 0 Å². The summed E-state index contributed by atoms with van der Waals surface area (Å²) < 4.78 is 1.81. The molecule has 0 atom stereocenters. The maximum atomic E-state index is 9.54. The molecule has 1 fully saturated rings. The van der Waals surface area contributed by atoms with E-state index in [4.69, 9.17) is 0 Å². The molecular formula is C12H21N3O. The minimum atomic E-state index is -0.0598. The second-order valence-electron chi connectivity index (χ2n) is 4.83. The van der Waals surface area contributed by atoms with Crippen LogP contribution in [0.15, 0.2) is 12.3 Å². The Hall–Kier alpha value is -0.870. The lowest BCUT2D eigenvalue weighted by atomic mass is 9.82. The Labute approximate surface area is 96.7 Å². The van der Waals surface area contributed by atoms with Crippen molar-refractivity contribution in [1.29, 1.82) is 0 Å². The third kappa shape index (κ3) is 2.62.